The average Bonchev–Trinajstić information content (AvgIpc) is 2.69. The lowest BCUT2D eigenvalue weighted by atomic mass is 10.3. The molecule has 2 aromatic rings. The van der Waals surface area contributed by atoms with Crippen molar-refractivity contribution in [2.24, 2.45) is 0 Å². The third kappa shape index (κ3) is 1.89. The Labute approximate surface area is 99.2 Å². The van der Waals surface area contributed by atoms with Crippen molar-refractivity contribution in [1.29, 1.82) is 0 Å². The summed E-state index contributed by atoms with van der Waals surface area (Å²) in [5.74, 6) is -0.781. The third-order valence-corrected chi connectivity index (χ3v) is 2.30. The van der Waals surface area contributed by atoms with E-state index in [9.17, 15) is 18.0 Å². The predicted octanol–water partition coefficient (Wildman–Crippen LogP) is 1.84. The normalized spacial score (nSPS) is 11.8. The van der Waals surface area contributed by atoms with Gasteiger partial charge in [0.05, 0.1) is 13.3 Å². The lowest BCUT2D eigenvalue weighted by Gasteiger charge is -2.09. The number of fused-ring (bicyclic) bond motifs is 1. The molecule has 18 heavy (non-hydrogen) atoms. The molecule has 2 heterocycles. The van der Waals surface area contributed by atoms with Crippen molar-refractivity contribution in [3.05, 3.63) is 29.2 Å². The summed E-state index contributed by atoms with van der Waals surface area (Å²) < 4.78 is 43.4. The van der Waals surface area contributed by atoms with Crippen LogP contribution in [0.4, 0.5) is 13.2 Å². The highest BCUT2D eigenvalue weighted by atomic mass is 19.4. The van der Waals surface area contributed by atoms with Gasteiger partial charge in [0.1, 0.15) is 11.3 Å². The van der Waals surface area contributed by atoms with Crippen LogP contribution < -0.4 is 0 Å². The van der Waals surface area contributed by atoms with Gasteiger partial charge in [0.15, 0.2) is 5.65 Å². The molecule has 8 heteroatoms. The minimum Gasteiger partial charge on any atom is -0.465 e. The molecule has 96 valence electrons. The Kier molecular flexibility index (Phi) is 2.72. The number of aryl methyl sites for hydroxylation is 1. The summed E-state index contributed by atoms with van der Waals surface area (Å²) >= 11 is 0. The smallest absolute Gasteiger partial charge is 0.433 e. The van der Waals surface area contributed by atoms with E-state index in [2.05, 4.69) is 14.8 Å². The Morgan fingerprint density at radius 3 is 2.67 bits per heavy atom. The summed E-state index contributed by atoms with van der Waals surface area (Å²) in [5.41, 5.74) is -1.12. The van der Waals surface area contributed by atoms with Crippen LogP contribution >= 0.6 is 0 Å². The van der Waals surface area contributed by atoms with E-state index >= 15 is 0 Å². The summed E-state index contributed by atoms with van der Waals surface area (Å²) in [7, 11) is 1.13. The number of hydrogen-bond acceptors (Lipinski definition) is 4. The van der Waals surface area contributed by atoms with E-state index in [1.54, 1.807) is 0 Å². The van der Waals surface area contributed by atoms with Crippen LogP contribution in [-0.4, -0.2) is 27.7 Å². The molecule has 0 saturated heterocycles. The molecule has 0 aromatic carbocycles. The van der Waals surface area contributed by atoms with E-state index in [0.717, 1.165) is 19.4 Å². The number of esters is 1. The Morgan fingerprint density at radius 1 is 1.44 bits per heavy atom. The Bertz CT molecular complexity index is 619. The fraction of sp³-hybridized carbons (Fsp3) is 0.300. The molecule has 2 rings (SSSR count). The third-order valence-electron chi connectivity index (χ3n) is 2.30. The van der Waals surface area contributed by atoms with Gasteiger partial charge in [0.25, 0.3) is 0 Å². The van der Waals surface area contributed by atoms with Crippen molar-refractivity contribution >= 4 is 11.6 Å². The van der Waals surface area contributed by atoms with Crippen molar-refractivity contribution in [2.75, 3.05) is 7.11 Å². The molecule has 0 atom stereocenters. The standard InChI is InChI=1S/C10H8F3N3O2/c1-5-3-7(10(11,12)13)16-8(15-5)6(4-14-16)9(17)18-2/h3-4H,1-2H3. The van der Waals surface area contributed by atoms with Gasteiger partial charge in [0, 0.05) is 5.69 Å². The number of aromatic nitrogens is 3. The lowest BCUT2D eigenvalue weighted by molar-refractivity contribution is -0.142. The maximum absolute atomic E-state index is 12.8. The highest BCUT2D eigenvalue weighted by Crippen LogP contribution is 2.30. The second-order valence-corrected chi connectivity index (χ2v) is 3.57. The Balaban J connectivity index is 2.77. The fourth-order valence-corrected chi connectivity index (χ4v) is 1.54. The number of methoxy groups -OCH3 is 1. The van der Waals surface area contributed by atoms with E-state index in [-0.39, 0.29) is 16.9 Å². The second-order valence-electron chi connectivity index (χ2n) is 3.57. The minimum absolute atomic E-state index is 0.105. The zero-order chi connectivity index (χ0) is 13.5. The van der Waals surface area contributed by atoms with Crippen molar-refractivity contribution in [3.63, 3.8) is 0 Å². The molecule has 0 aliphatic heterocycles. The van der Waals surface area contributed by atoms with Crippen LogP contribution in [0.3, 0.4) is 0 Å². The van der Waals surface area contributed by atoms with Crippen molar-refractivity contribution in [2.45, 2.75) is 13.1 Å². The van der Waals surface area contributed by atoms with Crippen LogP contribution in [0.25, 0.3) is 5.65 Å². The molecule has 0 saturated carbocycles. The molecule has 0 aliphatic rings. The van der Waals surface area contributed by atoms with Crippen LogP contribution in [0.1, 0.15) is 21.7 Å². The Hall–Kier alpha value is -2.12. The molecule has 0 unspecified atom stereocenters. The molecule has 0 fully saturated rings. The Morgan fingerprint density at radius 2 is 2.11 bits per heavy atom. The molecule has 5 nitrogen and oxygen atoms in total. The van der Waals surface area contributed by atoms with E-state index in [1.807, 2.05) is 0 Å². The number of ether oxygens (including phenoxy) is 1. The number of halogens is 3. The summed E-state index contributed by atoms with van der Waals surface area (Å²) in [5, 5.41) is 3.53. The minimum atomic E-state index is -4.58. The number of hydrogen-bond donors (Lipinski definition) is 0. The van der Waals surface area contributed by atoms with Gasteiger partial charge >= 0.3 is 12.1 Å². The average molecular weight is 259 g/mol. The van der Waals surface area contributed by atoms with E-state index in [0.29, 0.717) is 4.52 Å². The molecule has 0 aliphatic carbocycles. The molecule has 0 bridgehead atoms. The van der Waals surface area contributed by atoms with Crippen LogP contribution in [0.2, 0.25) is 0 Å². The molecule has 2 aromatic heterocycles. The first-order valence-electron chi connectivity index (χ1n) is 4.85. The van der Waals surface area contributed by atoms with Crippen molar-refractivity contribution in [3.8, 4) is 0 Å². The van der Waals surface area contributed by atoms with Gasteiger partial charge in [-0.25, -0.2) is 14.3 Å². The zero-order valence-corrected chi connectivity index (χ0v) is 9.45. The van der Waals surface area contributed by atoms with Gasteiger partial charge in [-0.05, 0) is 13.0 Å². The predicted molar refractivity (Wildman–Crippen MR) is 54.1 cm³/mol. The molecular weight excluding hydrogens is 251 g/mol. The molecular formula is C10H8F3N3O2. The van der Waals surface area contributed by atoms with Gasteiger partial charge in [-0.2, -0.15) is 18.3 Å². The first-order valence-corrected chi connectivity index (χ1v) is 4.85. The maximum Gasteiger partial charge on any atom is 0.433 e. The van der Waals surface area contributed by atoms with Crippen molar-refractivity contribution in [1.82, 2.24) is 14.6 Å². The van der Waals surface area contributed by atoms with Crippen molar-refractivity contribution < 1.29 is 22.7 Å². The highest BCUT2D eigenvalue weighted by molar-refractivity contribution is 5.95. The van der Waals surface area contributed by atoms with Crippen LogP contribution in [0, 0.1) is 6.92 Å². The van der Waals surface area contributed by atoms with Gasteiger partial charge in [-0.1, -0.05) is 0 Å². The summed E-state index contributed by atoms with van der Waals surface area (Å²) in [6.07, 6.45) is -3.58. The summed E-state index contributed by atoms with van der Waals surface area (Å²) in [6, 6.07) is 0.862. The van der Waals surface area contributed by atoms with Crippen LogP contribution in [0.5, 0.6) is 0 Å². The zero-order valence-electron chi connectivity index (χ0n) is 9.45. The molecule has 0 N–H and O–H groups in total. The fourth-order valence-electron chi connectivity index (χ4n) is 1.54. The molecule has 0 amide bonds. The van der Waals surface area contributed by atoms with Gasteiger partial charge in [0.2, 0.25) is 0 Å². The number of nitrogens with zero attached hydrogens (tertiary/aromatic N) is 3. The monoisotopic (exact) mass is 259 g/mol. The first kappa shape index (κ1) is 12.3. The largest absolute Gasteiger partial charge is 0.465 e. The highest BCUT2D eigenvalue weighted by Gasteiger charge is 2.35. The summed E-state index contributed by atoms with van der Waals surface area (Å²) in [6.45, 7) is 1.41. The SMILES string of the molecule is COC(=O)c1cnn2c(C(F)(F)F)cc(C)nc12. The number of rotatable bonds is 1. The topological polar surface area (TPSA) is 56.5 Å². The van der Waals surface area contributed by atoms with E-state index < -0.39 is 17.8 Å². The maximum atomic E-state index is 12.8. The summed E-state index contributed by atoms with van der Waals surface area (Å²) in [4.78, 5) is 15.2. The van der Waals surface area contributed by atoms with Crippen LogP contribution in [0.15, 0.2) is 12.3 Å². The van der Waals surface area contributed by atoms with Gasteiger partial charge < -0.3 is 4.74 Å². The number of alkyl halides is 3. The van der Waals surface area contributed by atoms with Gasteiger partial charge in [-0.15, -0.1) is 0 Å². The molecule has 0 spiro atoms. The van der Waals surface area contributed by atoms with Gasteiger partial charge in [-0.3, -0.25) is 0 Å². The number of carbonyl (C=O) groups excluding carboxylic acids is 1. The second kappa shape index (κ2) is 3.97. The first-order chi connectivity index (χ1) is 8.34. The van der Waals surface area contributed by atoms with E-state index in [4.69, 9.17) is 0 Å². The quantitative estimate of drug-likeness (QED) is 0.733. The molecule has 0 radical (unpaired) electrons. The van der Waals surface area contributed by atoms with E-state index in [1.165, 1.54) is 6.92 Å². The van der Waals surface area contributed by atoms with Crippen LogP contribution in [-0.2, 0) is 10.9 Å². The lowest BCUT2D eigenvalue weighted by Crippen LogP contribution is -2.14. The number of carbonyl (C=O) groups is 1.